The zero-order valence-corrected chi connectivity index (χ0v) is 18.0. The first kappa shape index (κ1) is 20.0. The van der Waals surface area contributed by atoms with Gasteiger partial charge in [0.05, 0.1) is 0 Å². The van der Waals surface area contributed by atoms with Gasteiger partial charge in [-0.2, -0.15) is 4.31 Å². The third-order valence-corrected chi connectivity index (χ3v) is 7.49. The van der Waals surface area contributed by atoms with E-state index in [9.17, 15) is 8.42 Å². The van der Waals surface area contributed by atoms with Crippen molar-refractivity contribution in [2.45, 2.75) is 11.9 Å². The molecule has 0 amide bonds. The molecule has 11 heteroatoms. The van der Waals surface area contributed by atoms with Gasteiger partial charge in [0.1, 0.15) is 5.82 Å². The van der Waals surface area contributed by atoms with E-state index in [1.165, 1.54) is 4.31 Å². The molecule has 2 saturated heterocycles. The highest BCUT2D eigenvalue weighted by Crippen LogP contribution is 2.21. The Balaban J connectivity index is 1.38. The Morgan fingerprint density at radius 3 is 1.79 bits per heavy atom. The zero-order chi connectivity index (χ0) is 20.6. The summed E-state index contributed by atoms with van der Waals surface area (Å²) >= 11 is 0. The Morgan fingerprint density at radius 1 is 0.828 bits per heavy atom. The van der Waals surface area contributed by atoms with E-state index >= 15 is 0 Å². The smallest absolute Gasteiger partial charge is 0.262 e. The molecule has 2 aromatic rings. The SMILES string of the molecule is Cc1nc(S(=O)(=O)N2CCN(c3ccc(N4CCN(C)CC4)nn3)CC2)cn1C. The number of hydrogen-bond donors (Lipinski definition) is 0. The molecule has 158 valence electrons. The van der Waals surface area contributed by atoms with Gasteiger partial charge in [0.25, 0.3) is 10.0 Å². The first-order valence-electron chi connectivity index (χ1n) is 9.87. The highest BCUT2D eigenvalue weighted by molar-refractivity contribution is 7.89. The van der Waals surface area contributed by atoms with Crippen LogP contribution in [0.4, 0.5) is 11.6 Å². The van der Waals surface area contributed by atoms with Crippen LogP contribution in [-0.2, 0) is 17.1 Å². The van der Waals surface area contributed by atoms with E-state index in [-0.39, 0.29) is 5.03 Å². The molecular weight excluding hydrogens is 392 g/mol. The van der Waals surface area contributed by atoms with Gasteiger partial charge in [0.15, 0.2) is 16.7 Å². The molecule has 0 aliphatic carbocycles. The summed E-state index contributed by atoms with van der Waals surface area (Å²) in [5.74, 6) is 2.36. The molecule has 29 heavy (non-hydrogen) atoms. The molecule has 0 unspecified atom stereocenters. The Morgan fingerprint density at radius 2 is 1.34 bits per heavy atom. The molecule has 0 saturated carbocycles. The largest absolute Gasteiger partial charge is 0.353 e. The van der Waals surface area contributed by atoms with Crippen LogP contribution in [-0.4, -0.2) is 96.8 Å². The topological polar surface area (TPSA) is 90.7 Å². The van der Waals surface area contributed by atoms with Crippen LogP contribution in [0.1, 0.15) is 5.82 Å². The molecule has 0 radical (unpaired) electrons. The van der Waals surface area contributed by atoms with Crippen molar-refractivity contribution in [3.63, 3.8) is 0 Å². The van der Waals surface area contributed by atoms with Crippen molar-refractivity contribution in [1.29, 1.82) is 0 Å². The first-order chi connectivity index (χ1) is 13.8. The van der Waals surface area contributed by atoms with Crippen LogP contribution < -0.4 is 9.80 Å². The number of piperazine rings is 2. The van der Waals surface area contributed by atoms with Crippen molar-refractivity contribution >= 4 is 21.7 Å². The Bertz CT molecular complexity index is 923. The lowest BCUT2D eigenvalue weighted by molar-refractivity contribution is 0.312. The third kappa shape index (κ3) is 4.07. The number of rotatable bonds is 4. The number of aromatic nitrogens is 4. The number of nitrogens with zero attached hydrogens (tertiary/aromatic N) is 8. The second-order valence-electron chi connectivity index (χ2n) is 7.67. The summed E-state index contributed by atoms with van der Waals surface area (Å²) < 4.78 is 28.9. The summed E-state index contributed by atoms with van der Waals surface area (Å²) in [6.45, 7) is 7.70. The van der Waals surface area contributed by atoms with Gasteiger partial charge >= 0.3 is 0 Å². The number of imidazole rings is 1. The molecule has 0 spiro atoms. The minimum Gasteiger partial charge on any atom is -0.353 e. The van der Waals surface area contributed by atoms with Crippen molar-refractivity contribution in [2.75, 3.05) is 69.2 Å². The molecule has 0 atom stereocenters. The fourth-order valence-electron chi connectivity index (χ4n) is 3.63. The lowest BCUT2D eigenvalue weighted by Crippen LogP contribution is -2.49. The van der Waals surface area contributed by atoms with Crippen molar-refractivity contribution in [1.82, 2.24) is 29.0 Å². The predicted molar refractivity (Wildman–Crippen MR) is 111 cm³/mol. The molecule has 0 bridgehead atoms. The third-order valence-electron chi connectivity index (χ3n) is 5.72. The van der Waals surface area contributed by atoms with E-state index in [0.29, 0.717) is 32.0 Å². The Kier molecular flexibility index (Phi) is 5.45. The molecule has 2 aromatic heterocycles. The zero-order valence-electron chi connectivity index (χ0n) is 17.2. The Labute approximate surface area is 171 Å². The van der Waals surface area contributed by atoms with Crippen LogP contribution in [0.25, 0.3) is 0 Å². The lowest BCUT2D eigenvalue weighted by atomic mass is 10.3. The van der Waals surface area contributed by atoms with Crippen LogP contribution in [0, 0.1) is 6.92 Å². The summed E-state index contributed by atoms with van der Waals surface area (Å²) in [5.41, 5.74) is 0. The molecule has 2 aliphatic heterocycles. The highest BCUT2D eigenvalue weighted by atomic mass is 32.2. The quantitative estimate of drug-likeness (QED) is 0.671. The number of hydrogen-bond acceptors (Lipinski definition) is 8. The van der Waals surface area contributed by atoms with Crippen molar-refractivity contribution in [3.05, 3.63) is 24.2 Å². The van der Waals surface area contributed by atoms with Gasteiger partial charge < -0.3 is 19.3 Å². The first-order valence-corrected chi connectivity index (χ1v) is 11.3. The maximum Gasteiger partial charge on any atom is 0.262 e. The molecule has 4 heterocycles. The molecule has 0 aromatic carbocycles. The fraction of sp³-hybridized carbons (Fsp3) is 0.611. The molecule has 2 aliphatic rings. The minimum atomic E-state index is -3.57. The van der Waals surface area contributed by atoms with Gasteiger partial charge in [-0.1, -0.05) is 0 Å². The number of anilines is 2. The molecule has 10 nitrogen and oxygen atoms in total. The predicted octanol–water partition coefficient (Wildman–Crippen LogP) is -0.219. The average molecular weight is 421 g/mol. The van der Waals surface area contributed by atoms with E-state index in [1.807, 2.05) is 12.1 Å². The van der Waals surface area contributed by atoms with Gasteiger partial charge in [-0.05, 0) is 26.1 Å². The summed E-state index contributed by atoms with van der Waals surface area (Å²) in [4.78, 5) is 10.8. The second-order valence-corrected chi connectivity index (χ2v) is 9.55. The number of sulfonamides is 1. The summed E-state index contributed by atoms with van der Waals surface area (Å²) in [5, 5.41) is 8.91. The maximum atomic E-state index is 12.8. The molecule has 0 N–H and O–H groups in total. The van der Waals surface area contributed by atoms with Crippen molar-refractivity contribution in [2.24, 2.45) is 7.05 Å². The Hall–Kier alpha value is -2.24. The molecular formula is C18H28N8O2S. The molecule has 2 fully saturated rings. The van der Waals surface area contributed by atoms with Crippen LogP contribution >= 0.6 is 0 Å². The van der Waals surface area contributed by atoms with E-state index in [1.54, 1.807) is 24.7 Å². The number of likely N-dealkylation sites (N-methyl/N-ethyl adjacent to an activating group) is 1. The van der Waals surface area contributed by atoms with Crippen molar-refractivity contribution < 1.29 is 8.42 Å². The van der Waals surface area contributed by atoms with Gasteiger partial charge in [0, 0.05) is 65.6 Å². The van der Waals surface area contributed by atoms with E-state index < -0.39 is 10.0 Å². The standard InChI is InChI=1S/C18H28N8O2S/c1-15-19-18(14-23(15)3)29(27,28)26-12-10-25(11-13-26)17-5-4-16(20-21-17)24-8-6-22(2)7-9-24/h4-5,14H,6-13H2,1-3H3. The van der Waals surface area contributed by atoms with Crippen LogP contribution in [0.15, 0.2) is 23.4 Å². The van der Waals surface area contributed by atoms with Gasteiger partial charge in [-0.25, -0.2) is 13.4 Å². The summed E-state index contributed by atoms with van der Waals surface area (Å²) in [6.07, 6.45) is 1.57. The van der Waals surface area contributed by atoms with Crippen LogP contribution in [0.5, 0.6) is 0 Å². The minimum absolute atomic E-state index is 0.113. The van der Waals surface area contributed by atoms with E-state index in [4.69, 9.17) is 0 Å². The summed E-state index contributed by atoms with van der Waals surface area (Å²) in [7, 11) is 0.354. The highest BCUT2D eigenvalue weighted by Gasteiger charge is 2.31. The van der Waals surface area contributed by atoms with E-state index in [2.05, 4.69) is 36.9 Å². The van der Waals surface area contributed by atoms with Crippen molar-refractivity contribution in [3.8, 4) is 0 Å². The number of aryl methyl sites for hydroxylation is 2. The van der Waals surface area contributed by atoms with Gasteiger partial charge in [-0.15, -0.1) is 10.2 Å². The molecule has 4 rings (SSSR count). The van der Waals surface area contributed by atoms with Gasteiger partial charge in [0.2, 0.25) is 0 Å². The van der Waals surface area contributed by atoms with Crippen LogP contribution in [0.3, 0.4) is 0 Å². The van der Waals surface area contributed by atoms with Crippen LogP contribution in [0.2, 0.25) is 0 Å². The van der Waals surface area contributed by atoms with Gasteiger partial charge in [-0.3, -0.25) is 0 Å². The van der Waals surface area contributed by atoms with E-state index in [0.717, 1.165) is 37.8 Å². The normalized spacial score (nSPS) is 19.7. The lowest BCUT2D eigenvalue weighted by Gasteiger charge is -2.35. The maximum absolute atomic E-state index is 12.8. The second kappa shape index (κ2) is 7.88. The monoisotopic (exact) mass is 420 g/mol. The average Bonchev–Trinajstić information content (AvgIpc) is 3.08. The fourth-order valence-corrected chi connectivity index (χ4v) is 5.08. The summed E-state index contributed by atoms with van der Waals surface area (Å²) in [6, 6.07) is 3.99.